The minimum absolute atomic E-state index is 0.160. The molecule has 7 heteroatoms. The Morgan fingerprint density at radius 2 is 1.90 bits per heavy atom. The molecule has 0 aromatic heterocycles. The van der Waals surface area contributed by atoms with Crippen LogP contribution in [0.15, 0.2) is 57.9 Å². The molecule has 21 heavy (non-hydrogen) atoms. The van der Waals surface area contributed by atoms with E-state index in [1.165, 1.54) is 24.3 Å². The van der Waals surface area contributed by atoms with Gasteiger partial charge in [-0.25, -0.2) is 0 Å². The fraction of sp³-hybridized carbons (Fsp3) is 0.0714. The van der Waals surface area contributed by atoms with Crippen molar-refractivity contribution in [2.75, 3.05) is 5.75 Å². The van der Waals surface area contributed by atoms with Gasteiger partial charge >= 0.3 is 0 Å². The average Bonchev–Trinajstić information content (AvgIpc) is 2.47. The van der Waals surface area contributed by atoms with Crippen molar-refractivity contribution in [1.29, 1.82) is 0 Å². The summed E-state index contributed by atoms with van der Waals surface area (Å²) in [6, 6.07) is 12.3. The minimum atomic E-state index is -1.51. The van der Waals surface area contributed by atoms with Gasteiger partial charge in [0.05, 0.1) is 26.4 Å². The van der Waals surface area contributed by atoms with E-state index in [1.54, 1.807) is 24.3 Å². The van der Waals surface area contributed by atoms with Gasteiger partial charge in [-0.2, -0.15) is 0 Å². The smallest absolute Gasteiger partial charge is 0.270 e. The van der Waals surface area contributed by atoms with E-state index in [4.69, 9.17) is 0 Å². The number of rotatable bonds is 5. The summed E-state index contributed by atoms with van der Waals surface area (Å²) in [7, 11) is -1.51. The number of Topliss-reactive ketones (excluding diaryl/α,β-unsaturated/α-hetero) is 1. The molecule has 0 aliphatic heterocycles. The normalized spacial score (nSPS) is 11.9. The van der Waals surface area contributed by atoms with Gasteiger partial charge in [-0.15, -0.1) is 0 Å². The van der Waals surface area contributed by atoms with Gasteiger partial charge < -0.3 is 0 Å². The number of hydrogen-bond acceptors (Lipinski definition) is 4. The number of ketones is 1. The molecule has 0 aliphatic rings. The van der Waals surface area contributed by atoms with Crippen molar-refractivity contribution in [1.82, 2.24) is 0 Å². The Balaban J connectivity index is 2.19. The number of non-ortho nitro benzene ring substituents is 1. The molecule has 0 N–H and O–H groups in total. The van der Waals surface area contributed by atoms with Crippen LogP contribution in [0, 0.1) is 10.1 Å². The molecule has 0 spiro atoms. The molecule has 0 aliphatic carbocycles. The summed E-state index contributed by atoms with van der Waals surface area (Å²) in [5, 5.41) is 10.7. The van der Waals surface area contributed by atoms with Crippen molar-refractivity contribution in [3.05, 3.63) is 68.7 Å². The third-order valence-electron chi connectivity index (χ3n) is 2.72. The van der Waals surface area contributed by atoms with Gasteiger partial charge in [-0.3, -0.25) is 19.1 Å². The van der Waals surface area contributed by atoms with Crippen molar-refractivity contribution >= 4 is 38.2 Å². The molecule has 0 saturated heterocycles. The number of carbonyl (C=O) groups excluding carboxylic acids is 1. The maximum absolute atomic E-state index is 12.2. The molecule has 1 unspecified atom stereocenters. The predicted octanol–water partition coefficient (Wildman–Crippen LogP) is 3.35. The van der Waals surface area contributed by atoms with E-state index in [-0.39, 0.29) is 17.0 Å². The van der Waals surface area contributed by atoms with Crippen molar-refractivity contribution < 1.29 is 13.9 Å². The van der Waals surface area contributed by atoms with E-state index < -0.39 is 21.5 Å². The average molecular weight is 368 g/mol. The molecule has 0 bridgehead atoms. The number of benzene rings is 2. The van der Waals surface area contributed by atoms with Gasteiger partial charge in [0.25, 0.3) is 5.69 Å². The molecule has 5 nitrogen and oxygen atoms in total. The fourth-order valence-corrected chi connectivity index (χ4v) is 3.61. The van der Waals surface area contributed by atoms with Crippen molar-refractivity contribution in [3.63, 3.8) is 0 Å². The monoisotopic (exact) mass is 367 g/mol. The summed E-state index contributed by atoms with van der Waals surface area (Å²) in [6.45, 7) is 0. The highest BCUT2D eigenvalue weighted by Gasteiger charge is 2.16. The molecule has 0 radical (unpaired) electrons. The topological polar surface area (TPSA) is 77.3 Å². The Labute approximate surface area is 131 Å². The molecule has 1 atom stereocenters. The lowest BCUT2D eigenvalue weighted by atomic mass is 10.1. The van der Waals surface area contributed by atoms with Crippen LogP contribution in [0.5, 0.6) is 0 Å². The Morgan fingerprint density at radius 1 is 1.19 bits per heavy atom. The van der Waals surface area contributed by atoms with E-state index in [0.717, 1.165) is 0 Å². The van der Waals surface area contributed by atoms with Crippen LogP contribution >= 0.6 is 15.9 Å². The third-order valence-corrected chi connectivity index (χ3v) is 5.05. The summed E-state index contributed by atoms with van der Waals surface area (Å²) >= 11 is 3.28. The second-order valence-electron chi connectivity index (χ2n) is 4.15. The van der Waals surface area contributed by atoms with Gasteiger partial charge in [0.2, 0.25) is 0 Å². The van der Waals surface area contributed by atoms with Crippen LogP contribution in [0.1, 0.15) is 10.4 Å². The summed E-state index contributed by atoms with van der Waals surface area (Å²) in [5.74, 6) is -0.614. The van der Waals surface area contributed by atoms with Crippen LogP contribution in [-0.4, -0.2) is 20.7 Å². The minimum Gasteiger partial charge on any atom is -0.293 e. The molecular formula is C14H10BrNO4S. The van der Waals surface area contributed by atoms with Crippen molar-refractivity contribution in [3.8, 4) is 0 Å². The highest BCUT2D eigenvalue weighted by molar-refractivity contribution is 9.10. The van der Waals surface area contributed by atoms with Crippen molar-refractivity contribution in [2.45, 2.75) is 4.90 Å². The van der Waals surface area contributed by atoms with Crippen molar-refractivity contribution in [2.24, 2.45) is 0 Å². The Bertz CT molecular complexity index is 732. The SMILES string of the molecule is O=C(CS(=O)c1ccccc1Br)c1cccc([N+](=O)[O-])c1. The number of hydrogen-bond donors (Lipinski definition) is 0. The van der Waals surface area contributed by atoms with Crippen LogP contribution in [0.2, 0.25) is 0 Å². The zero-order valence-corrected chi connectivity index (χ0v) is 13.1. The maximum Gasteiger partial charge on any atom is 0.270 e. The Morgan fingerprint density at radius 3 is 2.57 bits per heavy atom. The first-order valence-electron chi connectivity index (χ1n) is 5.89. The summed E-state index contributed by atoms with van der Waals surface area (Å²) in [6.07, 6.45) is 0. The quantitative estimate of drug-likeness (QED) is 0.461. The summed E-state index contributed by atoms with van der Waals surface area (Å²) < 4.78 is 12.9. The number of carbonyl (C=O) groups is 1. The number of nitrogens with zero attached hydrogens (tertiary/aromatic N) is 1. The largest absolute Gasteiger partial charge is 0.293 e. The first kappa shape index (κ1) is 15.5. The molecule has 0 amide bonds. The molecule has 2 rings (SSSR count). The lowest BCUT2D eigenvalue weighted by Crippen LogP contribution is -2.11. The molecule has 2 aromatic carbocycles. The zero-order valence-electron chi connectivity index (χ0n) is 10.7. The standard InChI is InChI=1S/C14H10BrNO4S/c15-12-6-1-2-7-14(12)21(20)9-13(17)10-4-3-5-11(8-10)16(18)19/h1-8H,9H2. The van der Waals surface area contributed by atoms with Gasteiger partial charge in [0.1, 0.15) is 0 Å². The first-order chi connectivity index (χ1) is 9.99. The lowest BCUT2D eigenvalue weighted by Gasteiger charge is -2.04. The van der Waals surface area contributed by atoms with E-state index in [0.29, 0.717) is 9.37 Å². The summed E-state index contributed by atoms with van der Waals surface area (Å²) in [5.41, 5.74) is 0.0251. The summed E-state index contributed by atoms with van der Waals surface area (Å²) in [4.78, 5) is 22.7. The van der Waals surface area contributed by atoms with E-state index in [2.05, 4.69) is 15.9 Å². The second-order valence-corrected chi connectivity index (χ2v) is 6.42. The molecule has 2 aromatic rings. The van der Waals surface area contributed by atoms with Crippen LogP contribution in [-0.2, 0) is 10.8 Å². The Kier molecular flexibility index (Phi) is 4.98. The van der Waals surface area contributed by atoms with Gasteiger partial charge in [-0.1, -0.05) is 24.3 Å². The van der Waals surface area contributed by atoms with Crippen LogP contribution in [0.4, 0.5) is 5.69 Å². The van der Waals surface area contributed by atoms with Gasteiger partial charge in [-0.05, 0) is 28.1 Å². The highest BCUT2D eigenvalue weighted by Crippen LogP contribution is 2.21. The highest BCUT2D eigenvalue weighted by atomic mass is 79.9. The van der Waals surface area contributed by atoms with Crippen LogP contribution in [0.3, 0.4) is 0 Å². The molecule has 0 heterocycles. The predicted molar refractivity (Wildman–Crippen MR) is 82.8 cm³/mol. The van der Waals surface area contributed by atoms with Gasteiger partial charge in [0.15, 0.2) is 5.78 Å². The third kappa shape index (κ3) is 3.83. The van der Waals surface area contributed by atoms with Crippen LogP contribution in [0.25, 0.3) is 0 Å². The number of nitro benzene ring substituents is 1. The molecule has 0 saturated carbocycles. The molecule has 0 fully saturated rings. The second kappa shape index (κ2) is 6.73. The lowest BCUT2D eigenvalue weighted by molar-refractivity contribution is -0.384. The van der Waals surface area contributed by atoms with E-state index in [1.807, 2.05) is 0 Å². The number of nitro groups is 1. The van der Waals surface area contributed by atoms with Crippen LogP contribution < -0.4 is 0 Å². The van der Waals surface area contributed by atoms with Gasteiger partial charge in [0, 0.05) is 22.2 Å². The zero-order chi connectivity index (χ0) is 15.4. The van der Waals surface area contributed by atoms with E-state index in [9.17, 15) is 19.1 Å². The molecule has 108 valence electrons. The first-order valence-corrected chi connectivity index (χ1v) is 8.01. The number of halogens is 1. The fourth-order valence-electron chi connectivity index (χ4n) is 1.70. The Hall–Kier alpha value is -1.86. The maximum atomic E-state index is 12.2. The van der Waals surface area contributed by atoms with E-state index >= 15 is 0 Å². The molecular weight excluding hydrogens is 358 g/mol.